The fraction of sp³-hybridized carbons (Fsp3) is 0.263. The summed E-state index contributed by atoms with van der Waals surface area (Å²) in [5, 5.41) is 13.6. The molecule has 0 aliphatic rings. The number of thioether (sulfide) groups is 1. The van der Waals surface area contributed by atoms with Crippen molar-refractivity contribution in [2.75, 3.05) is 18.9 Å². The number of hydrogen-bond donors (Lipinski definition) is 1. The number of hydrogen-bond acceptors (Lipinski definition) is 6. The van der Waals surface area contributed by atoms with E-state index in [1.54, 1.807) is 11.8 Å². The molecule has 0 heterocycles. The Morgan fingerprint density at radius 3 is 2.59 bits per heavy atom. The van der Waals surface area contributed by atoms with Gasteiger partial charge in [0.15, 0.2) is 6.61 Å². The third kappa shape index (κ3) is 6.41. The van der Waals surface area contributed by atoms with Gasteiger partial charge in [0, 0.05) is 29.7 Å². The zero-order valence-electron chi connectivity index (χ0n) is 14.8. The standard InChI is InChI=1S/C19H20N2O5S/c1-14-16(8-5-9-17(14)21(24)25)19(23)26-12-18(22)20-10-11-27-13-15-6-3-2-4-7-15/h2-9H,10-13H2,1H3,(H,20,22). The van der Waals surface area contributed by atoms with Crippen molar-refractivity contribution in [1.82, 2.24) is 5.32 Å². The molecule has 27 heavy (non-hydrogen) atoms. The molecule has 0 unspecified atom stereocenters. The number of rotatable bonds is 9. The SMILES string of the molecule is Cc1c(C(=O)OCC(=O)NCCSCc2ccccc2)cccc1[N+](=O)[O-]. The molecule has 8 heteroatoms. The lowest BCUT2D eigenvalue weighted by Crippen LogP contribution is -2.30. The molecule has 0 aliphatic heterocycles. The molecule has 0 aliphatic carbocycles. The number of nitrogens with one attached hydrogen (secondary N) is 1. The van der Waals surface area contributed by atoms with Gasteiger partial charge < -0.3 is 10.1 Å². The van der Waals surface area contributed by atoms with Gasteiger partial charge in [-0.15, -0.1) is 0 Å². The highest BCUT2D eigenvalue weighted by Gasteiger charge is 2.19. The Kier molecular flexibility index (Phi) is 7.81. The number of nitrogens with zero attached hydrogens (tertiary/aromatic N) is 1. The molecule has 1 amide bonds. The number of carbonyl (C=O) groups is 2. The monoisotopic (exact) mass is 388 g/mol. The van der Waals surface area contributed by atoms with Crippen LogP contribution in [-0.2, 0) is 15.3 Å². The van der Waals surface area contributed by atoms with E-state index in [-0.39, 0.29) is 16.8 Å². The van der Waals surface area contributed by atoms with Crippen molar-refractivity contribution in [1.29, 1.82) is 0 Å². The van der Waals surface area contributed by atoms with Gasteiger partial charge in [-0.2, -0.15) is 11.8 Å². The average molecular weight is 388 g/mol. The third-order valence-electron chi connectivity index (χ3n) is 3.74. The second kappa shape index (κ2) is 10.3. The van der Waals surface area contributed by atoms with Gasteiger partial charge in [-0.05, 0) is 18.6 Å². The van der Waals surface area contributed by atoms with E-state index in [1.807, 2.05) is 30.3 Å². The van der Waals surface area contributed by atoms with E-state index in [1.165, 1.54) is 30.7 Å². The van der Waals surface area contributed by atoms with E-state index in [9.17, 15) is 19.7 Å². The van der Waals surface area contributed by atoms with Crippen molar-refractivity contribution in [3.63, 3.8) is 0 Å². The number of amides is 1. The molecule has 0 bridgehead atoms. The normalized spacial score (nSPS) is 10.3. The summed E-state index contributed by atoms with van der Waals surface area (Å²) >= 11 is 1.69. The zero-order chi connectivity index (χ0) is 19.6. The van der Waals surface area contributed by atoms with Crippen LogP contribution in [-0.4, -0.2) is 35.7 Å². The van der Waals surface area contributed by atoms with Crippen LogP contribution in [0.2, 0.25) is 0 Å². The summed E-state index contributed by atoms with van der Waals surface area (Å²) in [5.74, 6) is 0.424. The van der Waals surface area contributed by atoms with Crippen LogP contribution in [0.4, 0.5) is 5.69 Å². The van der Waals surface area contributed by atoms with E-state index in [4.69, 9.17) is 4.74 Å². The number of ether oxygens (including phenoxy) is 1. The smallest absolute Gasteiger partial charge is 0.339 e. The van der Waals surface area contributed by atoms with Crippen molar-refractivity contribution >= 4 is 29.3 Å². The maximum Gasteiger partial charge on any atom is 0.339 e. The second-order valence-corrected chi connectivity index (χ2v) is 6.78. The molecule has 2 aromatic carbocycles. The van der Waals surface area contributed by atoms with Gasteiger partial charge in [-0.3, -0.25) is 14.9 Å². The molecular weight excluding hydrogens is 368 g/mol. The van der Waals surface area contributed by atoms with Gasteiger partial charge in [0.2, 0.25) is 0 Å². The van der Waals surface area contributed by atoms with Crippen molar-refractivity contribution < 1.29 is 19.2 Å². The first-order valence-corrected chi connectivity index (χ1v) is 9.44. The Balaban J connectivity index is 1.70. The highest BCUT2D eigenvalue weighted by Crippen LogP contribution is 2.21. The Morgan fingerprint density at radius 1 is 1.15 bits per heavy atom. The highest BCUT2D eigenvalue weighted by molar-refractivity contribution is 7.98. The van der Waals surface area contributed by atoms with Gasteiger partial charge in [-0.1, -0.05) is 36.4 Å². The summed E-state index contributed by atoms with van der Waals surface area (Å²) in [4.78, 5) is 34.2. The highest BCUT2D eigenvalue weighted by atomic mass is 32.2. The molecule has 1 N–H and O–H groups in total. The number of esters is 1. The minimum Gasteiger partial charge on any atom is -0.452 e. The third-order valence-corrected chi connectivity index (χ3v) is 4.77. The van der Waals surface area contributed by atoms with Crippen molar-refractivity contribution in [3.8, 4) is 0 Å². The summed E-state index contributed by atoms with van der Waals surface area (Å²) in [6.45, 7) is 1.51. The molecule has 0 atom stereocenters. The number of nitro benzene ring substituents is 1. The summed E-state index contributed by atoms with van der Waals surface area (Å²) in [6, 6.07) is 14.2. The maximum absolute atomic E-state index is 12.0. The topological polar surface area (TPSA) is 98.5 Å². The molecule has 0 saturated heterocycles. The molecule has 0 spiro atoms. The molecule has 0 aromatic heterocycles. The van der Waals surface area contributed by atoms with E-state index in [2.05, 4.69) is 5.32 Å². The van der Waals surface area contributed by atoms with E-state index < -0.39 is 23.4 Å². The van der Waals surface area contributed by atoms with Gasteiger partial charge >= 0.3 is 5.97 Å². The van der Waals surface area contributed by atoms with Gasteiger partial charge in [-0.25, -0.2) is 4.79 Å². The van der Waals surface area contributed by atoms with Crippen LogP contribution in [0.3, 0.4) is 0 Å². The lowest BCUT2D eigenvalue weighted by atomic mass is 10.1. The fourth-order valence-electron chi connectivity index (χ4n) is 2.33. The number of nitro groups is 1. The van der Waals surface area contributed by atoms with Crippen molar-refractivity contribution in [2.45, 2.75) is 12.7 Å². The molecule has 2 aromatic rings. The Bertz CT molecular complexity index is 811. The lowest BCUT2D eigenvalue weighted by molar-refractivity contribution is -0.385. The largest absolute Gasteiger partial charge is 0.452 e. The van der Waals surface area contributed by atoms with Gasteiger partial charge in [0.1, 0.15) is 0 Å². The first kappa shape index (κ1) is 20.4. The number of benzene rings is 2. The Labute approximate surface area is 161 Å². The first-order valence-electron chi connectivity index (χ1n) is 8.28. The fourth-order valence-corrected chi connectivity index (χ4v) is 3.15. The van der Waals surface area contributed by atoms with E-state index in [0.717, 1.165) is 11.5 Å². The Hall–Kier alpha value is -2.87. The van der Waals surface area contributed by atoms with Crippen LogP contribution >= 0.6 is 11.8 Å². The minimum absolute atomic E-state index is 0.0791. The van der Waals surface area contributed by atoms with E-state index >= 15 is 0 Å². The minimum atomic E-state index is -0.759. The predicted octanol–water partition coefficient (Wildman–Crippen LogP) is 3.11. The summed E-state index contributed by atoms with van der Waals surface area (Å²) in [7, 11) is 0. The van der Waals surface area contributed by atoms with Crippen LogP contribution in [0.1, 0.15) is 21.5 Å². The van der Waals surface area contributed by atoms with Crippen molar-refractivity contribution in [3.05, 3.63) is 75.3 Å². The quantitative estimate of drug-likeness (QED) is 0.307. The molecular formula is C19H20N2O5S. The first-order chi connectivity index (χ1) is 13.0. The van der Waals surface area contributed by atoms with Gasteiger partial charge in [0.25, 0.3) is 11.6 Å². The Morgan fingerprint density at radius 2 is 1.89 bits per heavy atom. The molecule has 0 saturated carbocycles. The summed E-state index contributed by atoms with van der Waals surface area (Å²) < 4.78 is 4.95. The molecule has 2 rings (SSSR count). The predicted molar refractivity (Wildman–Crippen MR) is 104 cm³/mol. The maximum atomic E-state index is 12.0. The molecule has 142 valence electrons. The van der Waals surface area contributed by atoms with Crippen LogP contribution in [0.5, 0.6) is 0 Å². The van der Waals surface area contributed by atoms with Crippen LogP contribution in [0, 0.1) is 17.0 Å². The molecule has 0 fully saturated rings. The summed E-state index contributed by atoms with van der Waals surface area (Å²) in [5.41, 5.74) is 1.35. The van der Waals surface area contributed by atoms with Crippen LogP contribution in [0.25, 0.3) is 0 Å². The molecule has 0 radical (unpaired) electrons. The lowest BCUT2D eigenvalue weighted by Gasteiger charge is -2.08. The van der Waals surface area contributed by atoms with Crippen LogP contribution < -0.4 is 5.32 Å². The van der Waals surface area contributed by atoms with E-state index in [0.29, 0.717) is 6.54 Å². The van der Waals surface area contributed by atoms with Crippen molar-refractivity contribution in [2.24, 2.45) is 0 Å². The zero-order valence-corrected chi connectivity index (χ0v) is 15.7. The summed E-state index contributed by atoms with van der Waals surface area (Å²) in [6.07, 6.45) is 0. The van der Waals surface area contributed by atoms with Crippen LogP contribution in [0.15, 0.2) is 48.5 Å². The van der Waals surface area contributed by atoms with Gasteiger partial charge in [0.05, 0.1) is 10.5 Å². The second-order valence-electron chi connectivity index (χ2n) is 5.67. The number of carbonyl (C=O) groups excluding carboxylic acids is 2. The average Bonchev–Trinajstić information content (AvgIpc) is 2.66. The molecule has 7 nitrogen and oxygen atoms in total.